The van der Waals surface area contributed by atoms with Crippen LogP contribution in [0.5, 0.6) is 0 Å². The number of carbonyl (C=O) groups is 3. The van der Waals surface area contributed by atoms with Crippen molar-refractivity contribution in [2.45, 2.75) is 32.2 Å². The monoisotopic (exact) mass is 488 g/mol. The van der Waals surface area contributed by atoms with Gasteiger partial charge in [0.1, 0.15) is 5.82 Å². The van der Waals surface area contributed by atoms with Gasteiger partial charge in [-0.05, 0) is 54.4 Å². The molecule has 2 aliphatic rings. The van der Waals surface area contributed by atoms with Crippen molar-refractivity contribution >= 4 is 45.8 Å². The molecule has 0 aliphatic carbocycles. The molecule has 2 aliphatic heterocycles. The summed E-state index contributed by atoms with van der Waals surface area (Å²) >= 11 is 0.893. The van der Waals surface area contributed by atoms with Crippen LogP contribution in [0.2, 0.25) is 0 Å². The summed E-state index contributed by atoms with van der Waals surface area (Å²) in [6, 6.07) is 14.2. The largest absolute Gasteiger partial charge is 0.350 e. The van der Waals surface area contributed by atoms with E-state index < -0.39 is 0 Å². The molecule has 1 saturated heterocycles. The molecule has 1 fully saturated rings. The number of carbonyl (C=O) groups excluding carboxylic acids is 3. The maximum Gasteiger partial charge on any atom is 0.293 e. The lowest BCUT2D eigenvalue weighted by molar-refractivity contribution is -0.122. The van der Waals surface area contributed by atoms with Crippen molar-refractivity contribution < 1.29 is 14.4 Å². The molecule has 5 rings (SSSR count). The normalized spacial score (nSPS) is 17.0. The molecular formula is C26H24N4O4S. The minimum atomic E-state index is -0.367. The smallest absolute Gasteiger partial charge is 0.293 e. The average molecular weight is 489 g/mol. The molecule has 0 radical (unpaired) electrons. The molecule has 0 saturated carbocycles. The Balaban J connectivity index is 1.25. The Morgan fingerprint density at radius 2 is 1.89 bits per heavy atom. The van der Waals surface area contributed by atoms with Crippen LogP contribution in [0.1, 0.15) is 41.0 Å². The number of aryl methyl sites for hydroxylation is 1. The van der Waals surface area contributed by atoms with Crippen molar-refractivity contribution in [3.63, 3.8) is 0 Å². The van der Waals surface area contributed by atoms with Crippen LogP contribution in [0.3, 0.4) is 0 Å². The molecule has 0 spiro atoms. The molecule has 3 amide bonds. The molecule has 35 heavy (non-hydrogen) atoms. The highest BCUT2D eigenvalue weighted by atomic mass is 32.2. The molecule has 2 aromatic carbocycles. The van der Waals surface area contributed by atoms with Gasteiger partial charge in [-0.15, -0.1) is 0 Å². The topological polar surface area (TPSA) is 101 Å². The van der Waals surface area contributed by atoms with Crippen LogP contribution in [-0.4, -0.2) is 44.6 Å². The van der Waals surface area contributed by atoms with Gasteiger partial charge in [0.25, 0.3) is 22.6 Å². The minimum Gasteiger partial charge on any atom is -0.350 e. The number of fused-ring (bicyclic) bond motifs is 2. The van der Waals surface area contributed by atoms with Crippen LogP contribution in [-0.2, 0) is 17.8 Å². The van der Waals surface area contributed by atoms with Crippen molar-refractivity contribution in [2.24, 2.45) is 0 Å². The summed E-state index contributed by atoms with van der Waals surface area (Å²) in [5, 5.41) is 2.90. The van der Waals surface area contributed by atoms with Gasteiger partial charge in [0.15, 0.2) is 0 Å². The highest BCUT2D eigenvalue weighted by Crippen LogP contribution is 2.31. The minimum absolute atomic E-state index is 0.0678. The van der Waals surface area contributed by atoms with Gasteiger partial charge < -0.3 is 5.32 Å². The lowest BCUT2D eigenvalue weighted by atomic mass is 10.1. The second kappa shape index (κ2) is 9.87. The Hall–Kier alpha value is -3.72. The molecule has 0 atom stereocenters. The number of rotatable bonds is 5. The van der Waals surface area contributed by atoms with E-state index in [0.29, 0.717) is 27.9 Å². The predicted octanol–water partition coefficient (Wildman–Crippen LogP) is 3.59. The fourth-order valence-corrected chi connectivity index (χ4v) is 5.20. The number of nitrogens with zero attached hydrogens (tertiary/aromatic N) is 3. The van der Waals surface area contributed by atoms with E-state index >= 15 is 0 Å². The second-order valence-corrected chi connectivity index (χ2v) is 9.52. The number of hydrogen-bond acceptors (Lipinski definition) is 6. The van der Waals surface area contributed by atoms with Gasteiger partial charge in [-0.1, -0.05) is 36.8 Å². The summed E-state index contributed by atoms with van der Waals surface area (Å²) < 4.78 is 1.75. The summed E-state index contributed by atoms with van der Waals surface area (Å²) in [4.78, 5) is 56.7. The van der Waals surface area contributed by atoms with E-state index in [9.17, 15) is 19.2 Å². The first-order valence-electron chi connectivity index (χ1n) is 11.6. The van der Waals surface area contributed by atoms with Gasteiger partial charge in [0, 0.05) is 31.6 Å². The molecular weight excluding hydrogens is 464 g/mol. The van der Waals surface area contributed by atoms with Gasteiger partial charge in [0.05, 0.1) is 15.8 Å². The third-order valence-corrected chi connectivity index (χ3v) is 7.08. The Morgan fingerprint density at radius 3 is 2.71 bits per heavy atom. The van der Waals surface area contributed by atoms with Crippen LogP contribution < -0.4 is 10.9 Å². The van der Waals surface area contributed by atoms with Crippen LogP contribution in [0.4, 0.5) is 4.79 Å². The predicted molar refractivity (Wildman–Crippen MR) is 135 cm³/mol. The van der Waals surface area contributed by atoms with E-state index in [1.807, 2.05) is 30.3 Å². The summed E-state index contributed by atoms with van der Waals surface area (Å²) in [5.41, 5.74) is 1.66. The van der Waals surface area contributed by atoms with E-state index in [4.69, 9.17) is 0 Å². The average Bonchev–Trinajstić information content (AvgIpc) is 3.02. The van der Waals surface area contributed by atoms with Crippen molar-refractivity contribution in [1.29, 1.82) is 0 Å². The first-order valence-corrected chi connectivity index (χ1v) is 12.4. The lowest BCUT2D eigenvalue weighted by Gasteiger charge is -2.13. The van der Waals surface area contributed by atoms with E-state index in [0.717, 1.165) is 53.7 Å². The Bertz CT molecular complexity index is 1410. The number of hydrogen-bond donors (Lipinski definition) is 1. The van der Waals surface area contributed by atoms with Gasteiger partial charge in [0.2, 0.25) is 0 Å². The molecule has 0 unspecified atom stereocenters. The number of benzene rings is 2. The molecule has 0 bridgehead atoms. The van der Waals surface area contributed by atoms with Gasteiger partial charge in [-0.3, -0.25) is 28.6 Å². The zero-order chi connectivity index (χ0) is 24.4. The first-order chi connectivity index (χ1) is 17.0. The number of aromatic nitrogens is 2. The fourth-order valence-electron chi connectivity index (χ4n) is 4.34. The lowest BCUT2D eigenvalue weighted by Crippen LogP contribution is -2.37. The summed E-state index contributed by atoms with van der Waals surface area (Å²) in [6.45, 7) is 0.866. The maximum absolute atomic E-state index is 12.9. The molecule has 1 aromatic heterocycles. The molecule has 1 N–H and O–H groups in total. The Labute approximate surface area is 206 Å². The van der Waals surface area contributed by atoms with Crippen LogP contribution in [0.15, 0.2) is 58.2 Å². The van der Waals surface area contributed by atoms with Crippen molar-refractivity contribution in [3.05, 3.63) is 80.7 Å². The molecule has 8 nitrogen and oxygen atoms in total. The SMILES string of the molecule is O=C(NCCN1C(=O)SC(=Cc2ccccc2)C1=O)c1ccc2c(=O)n3c(nc2c1)CCCCC3. The van der Waals surface area contributed by atoms with Gasteiger partial charge >= 0.3 is 0 Å². The second-order valence-electron chi connectivity index (χ2n) is 8.53. The Kier molecular flexibility index (Phi) is 6.50. The van der Waals surface area contributed by atoms with E-state index in [2.05, 4.69) is 10.3 Å². The van der Waals surface area contributed by atoms with Crippen LogP contribution >= 0.6 is 11.8 Å². The highest BCUT2D eigenvalue weighted by molar-refractivity contribution is 8.18. The summed E-state index contributed by atoms with van der Waals surface area (Å²) in [7, 11) is 0. The number of imide groups is 1. The highest BCUT2D eigenvalue weighted by Gasteiger charge is 2.34. The molecule has 9 heteroatoms. The number of thioether (sulfide) groups is 1. The summed E-state index contributed by atoms with van der Waals surface area (Å²) in [5.74, 6) is 0.0465. The zero-order valence-electron chi connectivity index (χ0n) is 19.0. The third kappa shape index (κ3) is 4.77. The Morgan fingerprint density at radius 1 is 1.06 bits per heavy atom. The standard InChI is InChI=1S/C26H24N4O4S/c31-23(18-10-11-19-20(16-18)28-22-9-5-2-6-13-29(22)24(19)32)27-12-14-30-25(33)21(35-26(30)34)15-17-7-3-1-4-8-17/h1,3-4,7-8,10-11,15-16H,2,5-6,9,12-14H2,(H,27,31). The summed E-state index contributed by atoms with van der Waals surface area (Å²) in [6.07, 6.45) is 5.46. The first kappa shape index (κ1) is 23.0. The van der Waals surface area contributed by atoms with E-state index in [1.165, 1.54) is 0 Å². The quantitative estimate of drug-likeness (QED) is 0.551. The van der Waals surface area contributed by atoms with Crippen LogP contribution in [0.25, 0.3) is 17.0 Å². The van der Waals surface area contributed by atoms with Gasteiger partial charge in [-0.2, -0.15) is 0 Å². The molecule has 3 heterocycles. The van der Waals surface area contributed by atoms with Crippen molar-refractivity contribution in [2.75, 3.05) is 13.1 Å². The van der Waals surface area contributed by atoms with Crippen molar-refractivity contribution in [3.8, 4) is 0 Å². The number of amides is 3. The van der Waals surface area contributed by atoms with E-state index in [1.54, 1.807) is 28.8 Å². The van der Waals surface area contributed by atoms with Gasteiger partial charge in [-0.25, -0.2) is 4.98 Å². The maximum atomic E-state index is 12.9. The van der Waals surface area contributed by atoms with Crippen LogP contribution in [0, 0.1) is 0 Å². The molecule has 3 aromatic rings. The molecule has 178 valence electrons. The number of nitrogens with one attached hydrogen (secondary N) is 1. The zero-order valence-corrected chi connectivity index (χ0v) is 19.8. The van der Waals surface area contributed by atoms with Crippen molar-refractivity contribution in [1.82, 2.24) is 19.8 Å². The fraction of sp³-hybridized carbons (Fsp3) is 0.269. The third-order valence-electron chi connectivity index (χ3n) is 6.17. The van der Waals surface area contributed by atoms with E-state index in [-0.39, 0.29) is 35.7 Å².